The molecule has 0 atom stereocenters. The minimum absolute atomic E-state index is 0.282. The predicted octanol–water partition coefficient (Wildman–Crippen LogP) is 3.72. The molecular formula is C16H15NO3S. The Labute approximate surface area is 127 Å². The van der Waals surface area contributed by atoms with Crippen molar-refractivity contribution in [3.05, 3.63) is 54.6 Å². The average Bonchev–Trinajstić information content (AvgIpc) is 2.92. The standard InChI is InChI=1S/C16H15NO3S/c1-3-14(18)17-15-12(16(19)20-4-2)10-13(21-15)11-8-6-5-7-9-11/h3,5-10H,1,4H2,2H3,(H,17,18). The summed E-state index contributed by atoms with van der Waals surface area (Å²) >= 11 is 1.33. The molecule has 4 nitrogen and oxygen atoms in total. The van der Waals surface area contributed by atoms with Crippen LogP contribution in [-0.2, 0) is 9.53 Å². The highest BCUT2D eigenvalue weighted by molar-refractivity contribution is 7.20. The van der Waals surface area contributed by atoms with Crippen LogP contribution in [0.15, 0.2) is 49.1 Å². The summed E-state index contributed by atoms with van der Waals surface area (Å²) < 4.78 is 5.02. The van der Waals surface area contributed by atoms with Crippen LogP contribution in [0.3, 0.4) is 0 Å². The van der Waals surface area contributed by atoms with Gasteiger partial charge in [0.25, 0.3) is 0 Å². The molecule has 1 heterocycles. The number of anilines is 1. The molecule has 1 aromatic carbocycles. The summed E-state index contributed by atoms with van der Waals surface area (Å²) in [7, 11) is 0. The van der Waals surface area contributed by atoms with Crippen LogP contribution in [0.5, 0.6) is 0 Å². The Morgan fingerprint density at radius 1 is 1.33 bits per heavy atom. The molecule has 0 unspecified atom stereocenters. The maximum absolute atomic E-state index is 12.0. The van der Waals surface area contributed by atoms with E-state index in [1.807, 2.05) is 30.3 Å². The highest BCUT2D eigenvalue weighted by Gasteiger charge is 2.19. The minimum Gasteiger partial charge on any atom is -0.462 e. The van der Waals surface area contributed by atoms with Crippen LogP contribution >= 0.6 is 11.3 Å². The molecule has 0 fully saturated rings. The van der Waals surface area contributed by atoms with Crippen molar-refractivity contribution in [2.45, 2.75) is 6.92 Å². The van der Waals surface area contributed by atoms with Gasteiger partial charge in [0.15, 0.2) is 0 Å². The summed E-state index contributed by atoms with van der Waals surface area (Å²) in [6.45, 7) is 5.43. The average molecular weight is 301 g/mol. The van der Waals surface area contributed by atoms with Crippen molar-refractivity contribution in [2.24, 2.45) is 0 Å². The third-order valence-corrected chi connectivity index (χ3v) is 3.81. The van der Waals surface area contributed by atoms with Crippen LogP contribution in [0.1, 0.15) is 17.3 Å². The van der Waals surface area contributed by atoms with Crippen LogP contribution in [-0.4, -0.2) is 18.5 Å². The van der Waals surface area contributed by atoms with Gasteiger partial charge in [-0.05, 0) is 24.6 Å². The van der Waals surface area contributed by atoms with Gasteiger partial charge in [0.05, 0.1) is 12.2 Å². The topological polar surface area (TPSA) is 55.4 Å². The zero-order valence-electron chi connectivity index (χ0n) is 11.6. The molecule has 0 saturated carbocycles. The van der Waals surface area contributed by atoms with Crippen LogP contribution in [0.4, 0.5) is 5.00 Å². The normalized spacial score (nSPS) is 9.95. The molecule has 0 aliphatic heterocycles. The second kappa shape index (κ2) is 6.85. The fraction of sp³-hybridized carbons (Fsp3) is 0.125. The molecule has 0 aliphatic rings. The fourth-order valence-electron chi connectivity index (χ4n) is 1.75. The highest BCUT2D eigenvalue weighted by atomic mass is 32.1. The largest absolute Gasteiger partial charge is 0.462 e. The van der Waals surface area contributed by atoms with E-state index >= 15 is 0 Å². The first kappa shape index (κ1) is 15.0. The van der Waals surface area contributed by atoms with E-state index in [9.17, 15) is 9.59 Å². The van der Waals surface area contributed by atoms with E-state index in [2.05, 4.69) is 11.9 Å². The first-order valence-electron chi connectivity index (χ1n) is 6.45. The van der Waals surface area contributed by atoms with Crippen molar-refractivity contribution in [1.82, 2.24) is 0 Å². The van der Waals surface area contributed by atoms with E-state index in [-0.39, 0.29) is 12.5 Å². The van der Waals surface area contributed by atoms with E-state index in [0.29, 0.717) is 10.6 Å². The molecule has 108 valence electrons. The van der Waals surface area contributed by atoms with Gasteiger partial charge in [-0.1, -0.05) is 36.9 Å². The Morgan fingerprint density at radius 3 is 2.67 bits per heavy atom. The molecule has 2 rings (SSSR count). The quantitative estimate of drug-likeness (QED) is 0.676. The molecule has 1 N–H and O–H groups in total. The van der Waals surface area contributed by atoms with Gasteiger partial charge in [0, 0.05) is 4.88 Å². The molecule has 0 spiro atoms. The SMILES string of the molecule is C=CC(=O)Nc1sc(-c2ccccc2)cc1C(=O)OCC. The molecule has 2 aromatic rings. The first-order chi connectivity index (χ1) is 10.2. The Hall–Kier alpha value is -2.40. The molecule has 0 aliphatic carbocycles. The van der Waals surface area contributed by atoms with Crippen LogP contribution in [0.2, 0.25) is 0 Å². The summed E-state index contributed by atoms with van der Waals surface area (Å²) in [6, 6.07) is 11.4. The number of ether oxygens (including phenoxy) is 1. The van der Waals surface area contributed by atoms with Gasteiger partial charge in [-0.3, -0.25) is 4.79 Å². The van der Waals surface area contributed by atoms with Gasteiger partial charge < -0.3 is 10.1 Å². The number of rotatable bonds is 5. The zero-order valence-corrected chi connectivity index (χ0v) is 12.4. The lowest BCUT2D eigenvalue weighted by Gasteiger charge is -2.03. The molecule has 21 heavy (non-hydrogen) atoms. The van der Waals surface area contributed by atoms with Crippen LogP contribution in [0, 0.1) is 0 Å². The number of thiophene rings is 1. The Balaban J connectivity index is 2.41. The van der Waals surface area contributed by atoms with Gasteiger partial charge in [-0.2, -0.15) is 0 Å². The van der Waals surface area contributed by atoms with Crippen molar-refractivity contribution in [2.75, 3.05) is 11.9 Å². The van der Waals surface area contributed by atoms with Gasteiger partial charge >= 0.3 is 5.97 Å². The fourth-order valence-corrected chi connectivity index (χ4v) is 2.81. The Morgan fingerprint density at radius 2 is 2.05 bits per heavy atom. The predicted molar refractivity (Wildman–Crippen MR) is 84.5 cm³/mol. The summed E-state index contributed by atoms with van der Waals surface area (Å²) in [5.74, 6) is -0.808. The Bertz CT molecular complexity index is 661. The maximum Gasteiger partial charge on any atom is 0.341 e. The van der Waals surface area contributed by atoms with Crippen LogP contribution in [0.25, 0.3) is 10.4 Å². The number of hydrogen-bond donors (Lipinski definition) is 1. The number of benzene rings is 1. The molecule has 0 saturated heterocycles. The minimum atomic E-state index is -0.449. The lowest BCUT2D eigenvalue weighted by molar-refractivity contribution is -0.111. The number of carbonyl (C=O) groups is 2. The van der Waals surface area contributed by atoms with Gasteiger partial charge in [-0.25, -0.2) is 4.79 Å². The van der Waals surface area contributed by atoms with Crippen molar-refractivity contribution < 1.29 is 14.3 Å². The maximum atomic E-state index is 12.0. The van der Waals surface area contributed by atoms with Gasteiger partial charge in [0.1, 0.15) is 5.00 Å². The van der Waals surface area contributed by atoms with Crippen molar-refractivity contribution in [3.63, 3.8) is 0 Å². The van der Waals surface area contributed by atoms with Crippen LogP contribution < -0.4 is 5.32 Å². The lowest BCUT2D eigenvalue weighted by atomic mass is 10.1. The number of esters is 1. The molecular weight excluding hydrogens is 286 g/mol. The summed E-state index contributed by atoms with van der Waals surface area (Å²) in [5.41, 5.74) is 1.34. The third-order valence-electron chi connectivity index (χ3n) is 2.71. The monoisotopic (exact) mass is 301 g/mol. The number of hydrogen-bond acceptors (Lipinski definition) is 4. The van der Waals surface area contributed by atoms with Gasteiger partial charge in [0.2, 0.25) is 5.91 Å². The van der Waals surface area contributed by atoms with Crippen molar-refractivity contribution >= 4 is 28.2 Å². The molecule has 5 heteroatoms. The number of amides is 1. The molecule has 0 bridgehead atoms. The second-order valence-electron chi connectivity index (χ2n) is 4.13. The first-order valence-corrected chi connectivity index (χ1v) is 7.27. The lowest BCUT2D eigenvalue weighted by Crippen LogP contribution is -2.11. The Kier molecular flexibility index (Phi) is 4.90. The second-order valence-corrected chi connectivity index (χ2v) is 5.19. The van der Waals surface area contributed by atoms with E-state index in [1.165, 1.54) is 11.3 Å². The van der Waals surface area contributed by atoms with E-state index in [0.717, 1.165) is 16.5 Å². The summed E-state index contributed by atoms with van der Waals surface area (Å²) in [6.07, 6.45) is 1.16. The number of nitrogens with one attached hydrogen (secondary N) is 1. The highest BCUT2D eigenvalue weighted by Crippen LogP contribution is 2.35. The summed E-state index contributed by atoms with van der Waals surface area (Å²) in [5, 5.41) is 3.12. The van der Waals surface area contributed by atoms with E-state index < -0.39 is 5.97 Å². The number of carbonyl (C=O) groups excluding carboxylic acids is 2. The molecule has 1 amide bonds. The molecule has 1 aromatic heterocycles. The van der Waals surface area contributed by atoms with Crippen molar-refractivity contribution in [3.8, 4) is 10.4 Å². The van der Waals surface area contributed by atoms with Crippen molar-refractivity contribution in [1.29, 1.82) is 0 Å². The molecule has 0 radical (unpaired) electrons. The smallest absolute Gasteiger partial charge is 0.341 e. The van der Waals surface area contributed by atoms with E-state index in [4.69, 9.17) is 4.74 Å². The van der Waals surface area contributed by atoms with Gasteiger partial charge in [-0.15, -0.1) is 11.3 Å². The summed E-state index contributed by atoms with van der Waals surface area (Å²) in [4.78, 5) is 24.4. The van der Waals surface area contributed by atoms with E-state index in [1.54, 1.807) is 13.0 Å². The zero-order chi connectivity index (χ0) is 15.2. The third kappa shape index (κ3) is 3.58.